The summed E-state index contributed by atoms with van der Waals surface area (Å²) in [5, 5.41) is 0. The van der Waals surface area contributed by atoms with Gasteiger partial charge < -0.3 is 4.74 Å². The van der Waals surface area contributed by atoms with Crippen LogP contribution in [0.25, 0.3) is 0 Å². The van der Waals surface area contributed by atoms with Crippen LogP contribution in [-0.4, -0.2) is 24.8 Å². The lowest BCUT2D eigenvalue weighted by atomic mass is 9.77. The predicted molar refractivity (Wildman–Crippen MR) is 43.6 cm³/mol. The molecule has 0 spiro atoms. The van der Waals surface area contributed by atoms with Crippen molar-refractivity contribution in [3.63, 3.8) is 0 Å². The van der Waals surface area contributed by atoms with Crippen LogP contribution in [0.3, 0.4) is 0 Å². The van der Waals surface area contributed by atoms with Gasteiger partial charge in [-0.1, -0.05) is 13.3 Å². The molecule has 3 nitrogen and oxygen atoms in total. The molecule has 1 radical (unpaired) electrons. The summed E-state index contributed by atoms with van der Waals surface area (Å²) in [6.07, 6.45) is 1.49. The number of rotatable bonds is 4. The molecule has 1 saturated carbocycles. The average Bonchev–Trinajstić information content (AvgIpc) is 2.03. The average molecular weight is 169 g/mol. The Bertz CT molecular complexity index is 184. The van der Waals surface area contributed by atoms with Crippen molar-refractivity contribution in [1.82, 2.24) is 0 Å². The highest BCUT2D eigenvalue weighted by atomic mass is 16.5. The van der Waals surface area contributed by atoms with Gasteiger partial charge in [0.25, 0.3) is 0 Å². The number of hydrogen-bond donors (Lipinski definition) is 0. The molecule has 1 unspecified atom stereocenters. The highest BCUT2D eigenvalue weighted by Crippen LogP contribution is 2.28. The second-order valence-electron chi connectivity index (χ2n) is 2.95. The van der Waals surface area contributed by atoms with Gasteiger partial charge in [0, 0.05) is 7.11 Å². The van der Waals surface area contributed by atoms with E-state index in [1.165, 1.54) is 7.11 Å². The first-order valence-electron chi connectivity index (χ1n) is 4.16. The van der Waals surface area contributed by atoms with Gasteiger partial charge in [-0.3, -0.25) is 9.59 Å². The Morgan fingerprint density at radius 3 is 2.33 bits per heavy atom. The molecule has 1 atom stereocenters. The van der Waals surface area contributed by atoms with Gasteiger partial charge in [-0.05, 0) is 6.42 Å². The first-order valence-corrected chi connectivity index (χ1v) is 4.16. The van der Waals surface area contributed by atoms with Gasteiger partial charge in [-0.15, -0.1) is 0 Å². The minimum absolute atomic E-state index is 0.0414. The summed E-state index contributed by atoms with van der Waals surface area (Å²) < 4.78 is 5.06. The second-order valence-corrected chi connectivity index (χ2v) is 2.95. The lowest BCUT2D eigenvalue weighted by Crippen LogP contribution is -2.44. The molecule has 1 aliphatic carbocycles. The SMILES string of the molecule is CCCC(OC)[C]1C(=O)CC1=O. The molecular formula is C9H13O3. The van der Waals surface area contributed by atoms with Gasteiger partial charge in [-0.2, -0.15) is 0 Å². The van der Waals surface area contributed by atoms with Crippen LogP contribution < -0.4 is 0 Å². The van der Waals surface area contributed by atoms with Gasteiger partial charge >= 0.3 is 0 Å². The van der Waals surface area contributed by atoms with E-state index in [-0.39, 0.29) is 24.1 Å². The summed E-state index contributed by atoms with van der Waals surface area (Å²) in [5.74, 6) is 0.292. The zero-order chi connectivity index (χ0) is 9.14. The topological polar surface area (TPSA) is 43.4 Å². The van der Waals surface area contributed by atoms with Crippen molar-refractivity contribution in [3.05, 3.63) is 5.92 Å². The number of carbonyl (C=O) groups is 2. The van der Waals surface area contributed by atoms with E-state index in [1.807, 2.05) is 6.92 Å². The van der Waals surface area contributed by atoms with Gasteiger partial charge in [0.05, 0.1) is 12.5 Å². The Morgan fingerprint density at radius 2 is 2.00 bits per heavy atom. The Hall–Kier alpha value is -0.700. The maximum Gasteiger partial charge on any atom is 0.158 e. The van der Waals surface area contributed by atoms with Crippen LogP contribution in [0.15, 0.2) is 0 Å². The Kier molecular flexibility index (Phi) is 2.98. The normalized spacial score (nSPS) is 20.8. The zero-order valence-electron chi connectivity index (χ0n) is 7.42. The third-order valence-corrected chi connectivity index (χ3v) is 2.08. The summed E-state index contributed by atoms with van der Waals surface area (Å²) in [6, 6.07) is 0. The highest BCUT2D eigenvalue weighted by molar-refractivity contribution is 6.33. The number of ketones is 2. The van der Waals surface area contributed by atoms with Crippen molar-refractivity contribution < 1.29 is 14.3 Å². The molecule has 0 N–H and O–H groups in total. The molecule has 0 aromatic carbocycles. The van der Waals surface area contributed by atoms with Crippen molar-refractivity contribution >= 4 is 11.6 Å². The molecule has 0 bridgehead atoms. The molecule has 0 saturated heterocycles. The van der Waals surface area contributed by atoms with Gasteiger partial charge in [0.2, 0.25) is 0 Å². The van der Waals surface area contributed by atoms with E-state index in [0.29, 0.717) is 5.92 Å². The third-order valence-electron chi connectivity index (χ3n) is 2.08. The van der Waals surface area contributed by atoms with Crippen molar-refractivity contribution in [1.29, 1.82) is 0 Å². The van der Waals surface area contributed by atoms with Crippen LogP contribution in [0.5, 0.6) is 0 Å². The lowest BCUT2D eigenvalue weighted by Gasteiger charge is -2.28. The summed E-state index contributed by atoms with van der Waals surface area (Å²) in [5.41, 5.74) is 0. The molecular weight excluding hydrogens is 156 g/mol. The van der Waals surface area contributed by atoms with Crippen molar-refractivity contribution in [2.24, 2.45) is 0 Å². The predicted octanol–water partition coefficient (Wildman–Crippen LogP) is 0.918. The molecule has 12 heavy (non-hydrogen) atoms. The van der Waals surface area contributed by atoms with Crippen LogP contribution >= 0.6 is 0 Å². The van der Waals surface area contributed by atoms with Crippen LogP contribution in [0.2, 0.25) is 0 Å². The number of Topliss-reactive ketones (excluding diaryl/α,β-unsaturated/α-hetero) is 2. The van der Waals surface area contributed by atoms with E-state index >= 15 is 0 Å². The van der Waals surface area contributed by atoms with Gasteiger partial charge in [0.1, 0.15) is 5.92 Å². The zero-order valence-corrected chi connectivity index (χ0v) is 7.42. The van der Waals surface area contributed by atoms with Crippen LogP contribution in [0.4, 0.5) is 0 Å². The molecule has 0 aromatic heterocycles. The maximum atomic E-state index is 11.0. The largest absolute Gasteiger partial charge is 0.380 e. The molecule has 3 heteroatoms. The van der Waals surface area contributed by atoms with Crippen LogP contribution in [-0.2, 0) is 14.3 Å². The monoisotopic (exact) mass is 169 g/mol. The molecule has 0 aliphatic heterocycles. The molecule has 67 valence electrons. The fourth-order valence-electron chi connectivity index (χ4n) is 1.39. The summed E-state index contributed by atoms with van der Waals surface area (Å²) in [7, 11) is 1.53. The molecule has 0 amide bonds. The quantitative estimate of drug-likeness (QED) is 0.588. The molecule has 0 aromatic rings. The Labute approximate surface area is 72.1 Å². The van der Waals surface area contributed by atoms with Crippen molar-refractivity contribution in [3.8, 4) is 0 Å². The molecule has 1 fully saturated rings. The fourth-order valence-corrected chi connectivity index (χ4v) is 1.39. The van der Waals surface area contributed by atoms with Gasteiger partial charge in [-0.25, -0.2) is 0 Å². The van der Waals surface area contributed by atoms with Gasteiger partial charge in [0.15, 0.2) is 11.6 Å². The van der Waals surface area contributed by atoms with E-state index in [4.69, 9.17) is 4.74 Å². The molecule has 1 rings (SSSR count). The minimum atomic E-state index is -0.260. The first kappa shape index (κ1) is 9.39. The minimum Gasteiger partial charge on any atom is -0.380 e. The lowest BCUT2D eigenvalue weighted by molar-refractivity contribution is -0.137. The second kappa shape index (κ2) is 3.81. The Morgan fingerprint density at radius 1 is 1.42 bits per heavy atom. The number of carbonyl (C=O) groups excluding carboxylic acids is 2. The summed E-state index contributed by atoms with van der Waals surface area (Å²) in [4.78, 5) is 22.0. The smallest absolute Gasteiger partial charge is 0.158 e. The number of ether oxygens (including phenoxy) is 1. The molecule has 1 aliphatic rings. The van der Waals surface area contributed by atoms with Crippen molar-refractivity contribution in [2.45, 2.75) is 32.3 Å². The first-order chi connectivity index (χ1) is 5.70. The Balaban J connectivity index is 2.52. The molecule has 0 heterocycles. The van der Waals surface area contributed by atoms with E-state index < -0.39 is 0 Å². The standard InChI is InChI=1S/C9H13O3/c1-3-4-8(12-2)9-6(10)5-7(9)11/h8H,3-5H2,1-2H3. The summed E-state index contributed by atoms with van der Waals surface area (Å²) in [6.45, 7) is 2.00. The van der Waals surface area contributed by atoms with E-state index in [9.17, 15) is 9.59 Å². The highest BCUT2D eigenvalue weighted by Gasteiger charge is 2.44. The van der Waals surface area contributed by atoms with Crippen LogP contribution in [0, 0.1) is 5.92 Å². The van der Waals surface area contributed by atoms with E-state index in [0.717, 1.165) is 12.8 Å². The number of hydrogen-bond acceptors (Lipinski definition) is 3. The maximum absolute atomic E-state index is 11.0. The third kappa shape index (κ3) is 1.55. The van der Waals surface area contributed by atoms with E-state index in [2.05, 4.69) is 0 Å². The fraction of sp³-hybridized carbons (Fsp3) is 0.667. The van der Waals surface area contributed by atoms with Crippen LogP contribution in [0.1, 0.15) is 26.2 Å². The number of methoxy groups -OCH3 is 1. The van der Waals surface area contributed by atoms with Crippen molar-refractivity contribution in [2.75, 3.05) is 7.11 Å². The van der Waals surface area contributed by atoms with E-state index in [1.54, 1.807) is 0 Å². The summed E-state index contributed by atoms with van der Waals surface area (Å²) >= 11 is 0.